The number of rotatable bonds is 1. The molecule has 106 valence electrons. The Morgan fingerprint density at radius 2 is 2.25 bits per heavy atom. The minimum Gasteiger partial charge on any atom is -0.390 e. The molecular formula is C15H19N3O2. The normalized spacial score (nSPS) is 23.8. The third kappa shape index (κ3) is 2.54. The molecule has 5 nitrogen and oxygen atoms in total. The van der Waals surface area contributed by atoms with Crippen LogP contribution in [-0.2, 0) is 0 Å². The molecule has 20 heavy (non-hydrogen) atoms. The van der Waals surface area contributed by atoms with Crippen molar-refractivity contribution in [2.45, 2.75) is 31.8 Å². The molecule has 1 unspecified atom stereocenters. The molecule has 0 bridgehead atoms. The number of amides is 1. The summed E-state index contributed by atoms with van der Waals surface area (Å²) in [6.07, 6.45) is 3.94. The second-order valence-corrected chi connectivity index (χ2v) is 5.81. The second-order valence-electron chi connectivity index (χ2n) is 5.81. The van der Waals surface area contributed by atoms with Crippen LogP contribution in [0.25, 0.3) is 10.9 Å². The van der Waals surface area contributed by atoms with Crippen molar-refractivity contribution in [3.8, 4) is 0 Å². The van der Waals surface area contributed by atoms with Crippen LogP contribution in [0.3, 0.4) is 0 Å². The van der Waals surface area contributed by atoms with Crippen molar-refractivity contribution in [1.29, 1.82) is 0 Å². The molecule has 1 saturated heterocycles. The van der Waals surface area contributed by atoms with Gasteiger partial charge in [-0.3, -0.25) is 9.89 Å². The third-order valence-corrected chi connectivity index (χ3v) is 4.04. The first-order valence-electron chi connectivity index (χ1n) is 7.00. The Morgan fingerprint density at radius 3 is 3.10 bits per heavy atom. The van der Waals surface area contributed by atoms with Gasteiger partial charge < -0.3 is 10.0 Å². The van der Waals surface area contributed by atoms with Crippen LogP contribution in [0, 0.1) is 0 Å². The van der Waals surface area contributed by atoms with E-state index in [1.807, 2.05) is 30.0 Å². The number of aromatic nitrogens is 2. The number of carbonyl (C=O) groups excluding carboxylic acids is 1. The monoisotopic (exact) mass is 273 g/mol. The maximum absolute atomic E-state index is 12.5. The molecule has 3 rings (SSSR count). The number of aromatic amines is 1. The predicted molar refractivity (Wildman–Crippen MR) is 76.5 cm³/mol. The number of fused-ring (bicyclic) bond motifs is 1. The number of carbonyl (C=O) groups is 1. The quantitative estimate of drug-likeness (QED) is 0.834. The number of hydrogen-bond donors (Lipinski definition) is 2. The molecule has 1 atom stereocenters. The van der Waals surface area contributed by atoms with Crippen molar-refractivity contribution in [3.05, 3.63) is 30.0 Å². The highest BCUT2D eigenvalue weighted by Crippen LogP contribution is 2.23. The Hall–Kier alpha value is -1.88. The summed E-state index contributed by atoms with van der Waals surface area (Å²) in [5.41, 5.74) is 0.963. The summed E-state index contributed by atoms with van der Waals surface area (Å²) in [5.74, 6) is 0.0331. The zero-order valence-corrected chi connectivity index (χ0v) is 11.6. The lowest BCUT2D eigenvalue weighted by atomic mass is 9.98. The van der Waals surface area contributed by atoms with E-state index in [1.165, 1.54) is 0 Å². The Labute approximate surface area is 117 Å². The van der Waals surface area contributed by atoms with Crippen molar-refractivity contribution in [2.24, 2.45) is 0 Å². The average Bonchev–Trinajstić information content (AvgIpc) is 2.81. The molecule has 5 heteroatoms. The van der Waals surface area contributed by atoms with E-state index in [1.54, 1.807) is 6.20 Å². The van der Waals surface area contributed by atoms with E-state index < -0.39 is 5.60 Å². The minimum atomic E-state index is -0.649. The van der Waals surface area contributed by atoms with Gasteiger partial charge in [-0.25, -0.2) is 0 Å². The third-order valence-electron chi connectivity index (χ3n) is 4.04. The maximum Gasteiger partial charge on any atom is 0.253 e. The van der Waals surface area contributed by atoms with Crippen LogP contribution < -0.4 is 0 Å². The summed E-state index contributed by atoms with van der Waals surface area (Å²) in [5, 5.41) is 17.9. The van der Waals surface area contributed by atoms with E-state index >= 15 is 0 Å². The first kappa shape index (κ1) is 13.1. The van der Waals surface area contributed by atoms with Gasteiger partial charge in [0.1, 0.15) is 0 Å². The molecule has 1 aliphatic rings. The molecule has 0 radical (unpaired) electrons. The topological polar surface area (TPSA) is 69.2 Å². The predicted octanol–water partition coefficient (Wildman–Crippen LogP) is 1.94. The van der Waals surface area contributed by atoms with Crippen molar-refractivity contribution < 1.29 is 9.90 Å². The molecule has 0 saturated carbocycles. The van der Waals surface area contributed by atoms with Crippen LogP contribution in [0.4, 0.5) is 0 Å². The number of nitrogens with zero attached hydrogens (tertiary/aromatic N) is 2. The summed E-state index contributed by atoms with van der Waals surface area (Å²) in [6, 6.07) is 5.57. The largest absolute Gasteiger partial charge is 0.390 e. The van der Waals surface area contributed by atoms with E-state index in [9.17, 15) is 9.90 Å². The van der Waals surface area contributed by atoms with Crippen molar-refractivity contribution in [2.75, 3.05) is 13.1 Å². The molecule has 2 aromatic rings. The number of benzene rings is 1. The minimum absolute atomic E-state index is 0.0331. The summed E-state index contributed by atoms with van der Waals surface area (Å²) < 4.78 is 0. The number of hydrogen-bond acceptors (Lipinski definition) is 3. The lowest BCUT2D eigenvalue weighted by Gasteiger charge is -2.22. The summed E-state index contributed by atoms with van der Waals surface area (Å²) in [6.45, 7) is 3.16. The molecule has 0 aliphatic carbocycles. The number of nitrogens with one attached hydrogen (secondary N) is 1. The van der Waals surface area contributed by atoms with Crippen molar-refractivity contribution in [1.82, 2.24) is 15.1 Å². The van der Waals surface area contributed by atoms with Gasteiger partial charge in [-0.1, -0.05) is 0 Å². The number of aliphatic hydroxyl groups is 1. The molecule has 2 N–H and O–H groups in total. The summed E-state index contributed by atoms with van der Waals surface area (Å²) >= 11 is 0. The highest BCUT2D eigenvalue weighted by atomic mass is 16.3. The Kier molecular flexibility index (Phi) is 3.22. The number of H-pyrrole nitrogens is 1. The Bertz CT molecular complexity index is 633. The lowest BCUT2D eigenvalue weighted by Crippen LogP contribution is -2.33. The van der Waals surface area contributed by atoms with Crippen LogP contribution in [0.15, 0.2) is 24.4 Å². The molecule has 2 heterocycles. The van der Waals surface area contributed by atoms with Crippen LogP contribution in [0.5, 0.6) is 0 Å². The second kappa shape index (κ2) is 4.90. The molecule has 1 aliphatic heterocycles. The standard InChI is InChI=1S/C15H19N3O2/c1-15(20)5-2-7-18(8-6-15)14(19)11-3-4-13-12(9-11)10-16-17-13/h3-4,9-10,20H,2,5-8H2,1H3,(H,16,17). The van der Waals surface area contributed by atoms with Crippen LogP contribution in [0.1, 0.15) is 36.5 Å². The number of likely N-dealkylation sites (tertiary alicyclic amines) is 1. The zero-order chi connectivity index (χ0) is 14.2. The van der Waals surface area contributed by atoms with Gasteiger partial charge in [-0.05, 0) is 44.4 Å². The zero-order valence-electron chi connectivity index (χ0n) is 11.6. The van der Waals surface area contributed by atoms with Gasteiger partial charge in [0.05, 0.1) is 17.3 Å². The van der Waals surface area contributed by atoms with E-state index in [0.29, 0.717) is 25.1 Å². The van der Waals surface area contributed by atoms with Gasteiger partial charge in [-0.2, -0.15) is 5.10 Å². The fourth-order valence-corrected chi connectivity index (χ4v) is 2.72. The van der Waals surface area contributed by atoms with Crippen LogP contribution in [0.2, 0.25) is 0 Å². The highest BCUT2D eigenvalue weighted by Gasteiger charge is 2.27. The maximum atomic E-state index is 12.5. The summed E-state index contributed by atoms with van der Waals surface area (Å²) in [7, 11) is 0. The fourth-order valence-electron chi connectivity index (χ4n) is 2.72. The van der Waals surface area contributed by atoms with Crippen LogP contribution >= 0.6 is 0 Å². The highest BCUT2D eigenvalue weighted by molar-refractivity contribution is 5.97. The summed E-state index contributed by atoms with van der Waals surface area (Å²) in [4.78, 5) is 14.4. The SMILES string of the molecule is CC1(O)CCCN(C(=O)c2ccc3[nH]ncc3c2)CC1. The molecule has 1 aromatic carbocycles. The molecule has 1 fully saturated rings. The Balaban J connectivity index is 1.80. The van der Waals surface area contributed by atoms with Gasteiger partial charge in [0.15, 0.2) is 0 Å². The van der Waals surface area contributed by atoms with Crippen LogP contribution in [-0.4, -0.2) is 44.8 Å². The molecular weight excluding hydrogens is 254 g/mol. The van der Waals surface area contributed by atoms with Crippen molar-refractivity contribution in [3.63, 3.8) is 0 Å². The smallest absolute Gasteiger partial charge is 0.253 e. The van der Waals surface area contributed by atoms with Crippen molar-refractivity contribution >= 4 is 16.8 Å². The van der Waals surface area contributed by atoms with Gasteiger partial charge in [0.2, 0.25) is 0 Å². The fraction of sp³-hybridized carbons (Fsp3) is 0.467. The molecule has 1 aromatic heterocycles. The van der Waals surface area contributed by atoms with E-state index in [0.717, 1.165) is 23.7 Å². The molecule has 1 amide bonds. The Morgan fingerprint density at radius 1 is 1.40 bits per heavy atom. The van der Waals surface area contributed by atoms with Gasteiger partial charge in [0, 0.05) is 24.0 Å². The van der Waals surface area contributed by atoms with Gasteiger partial charge >= 0.3 is 0 Å². The van der Waals surface area contributed by atoms with E-state index in [4.69, 9.17) is 0 Å². The average molecular weight is 273 g/mol. The van der Waals surface area contributed by atoms with E-state index in [2.05, 4.69) is 10.2 Å². The van der Waals surface area contributed by atoms with E-state index in [-0.39, 0.29) is 5.91 Å². The lowest BCUT2D eigenvalue weighted by molar-refractivity contribution is 0.0438. The molecule has 0 spiro atoms. The van der Waals surface area contributed by atoms with Gasteiger partial charge in [-0.15, -0.1) is 0 Å². The first-order valence-corrected chi connectivity index (χ1v) is 7.00. The van der Waals surface area contributed by atoms with Gasteiger partial charge in [0.25, 0.3) is 5.91 Å². The first-order chi connectivity index (χ1) is 9.55.